The number of rotatable bonds is 10. The molecule has 0 spiro atoms. The molecule has 0 heterocycles. The molecule has 0 saturated carbocycles. The van der Waals surface area contributed by atoms with Crippen LogP contribution in [-0.4, -0.2) is 46.3 Å². The molecule has 0 aliphatic rings. The van der Waals surface area contributed by atoms with Crippen LogP contribution in [0.2, 0.25) is 0 Å². The Bertz CT molecular complexity index is 106. The molecular weight excluding hydrogens is 182 g/mol. The minimum atomic E-state index is -0.0694. The van der Waals surface area contributed by atoms with Crippen molar-refractivity contribution in [2.24, 2.45) is 0 Å². The molecule has 0 bridgehead atoms. The molecule has 0 saturated heterocycles. The fraction of sp³-hybridized carbons (Fsp3) is 1.00. The summed E-state index contributed by atoms with van der Waals surface area (Å²) in [5.74, 6) is 0. The summed E-state index contributed by atoms with van der Waals surface area (Å²) in [6, 6.07) is 0. The van der Waals surface area contributed by atoms with E-state index < -0.39 is 0 Å². The van der Waals surface area contributed by atoms with Gasteiger partial charge in [0.05, 0.1) is 6.61 Å². The van der Waals surface area contributed by atoms with E-state index in [0.29, 0.717) is 13.2 Å². The minimum Gasteiger partial charge on any atom is -0.383 e. The van der Waals surface area contributed by atoms with Gasteiger partial charge in [0.1, 0.15) is 0 Å². The van der Waals surface area contributed by atoms with Crippen molar-refractivity contribution < 1.29 is 14.2 Å². The molecular formula is C10H23NO3. The third kappa shape index (κ3) is 8.44. The van der Waals surface area contributed by atoms with Crippen LogP contribution in [0.4, 0.5) is 0 Å². The van der Waals surface area contributed by atoms with Crippen molar-refractivity contribution in [1.29, 1.82) is 0 Å². The highest BCUT2D eigenvalue weighted by atomic mass is 16.7. The fourth-order valence-corrected chi connectivity index (χ4v) is 1.11. The van der Waals surface area contributed by atoms with Gasteiger partial charge < -0.3 is 19.5 Å². The largest absolute Gasteiger partial charge is 0.383 e. The lowest BCUT2D eigenvalue weighted by atomic mass is 10.4. The summed E-state index contributed by atoms with van der Waals surface area (Å²) < 4.78 is 15.7. The van der Waals surface area contributed by atoms with Gasteiger partial charge in [0.15, 0.2) is 6.29 Å². The van der Waals surface area contributed by atoms with Crippen LogP contribution in [0.15, 0.2) is 0 Å². The molecule has 4 heteroatoms. The van der Waals surface area contributed by atoms with E-state index in [9.17, 15) is 0 Å². The lowest BCUT2D eigenvalue weighted by Crippen LogP contribution is -2.26. The summed E-state index contributed by atoms with van der Waals surface area (Å²) in [7, 11) is 1.70. The van der Waals surface area contributed by atoms with Gasteiger partial charge in [-0.2, -0.15) is 0 Å². The van der Waals surface area contributed by atoms with Crippen LogP contribution in [0.5, 0.6) is 0 Å². The monoisotopic (exact) mass is 205 g/mol. The van der Waals surface area contributed by atoms with Gasteiger partial charge in [-0.1, -0.05) is 0 Å². The van der Waals surface area contributed by atoms with Crippen molar-refractivity contribution in [3.05, 3.63) is 0 Å². The summed E-state index contributed by atoms with van der Waals surface area (Å²) in [6.45, 7) is 7.86. The molecule has 0 radical (unpaired) electrons. The van der Waals surface area contributed by atoms with E-state index in [2.05, 4.69) is 5.32 Å². The predicted molar refractivity (Wildman–Crippen MR) is 56.4 cm³/mol. The van der Waals surface area contributed by atoms with Crippen molar-refractivity contribution in [3.63, 3.8) is 0 Å². The molecule has 14 heavy (non-hydrogen) atoms. The van der Waals surface area contributed by atoms with Crippen LogP contribution in [0, 0.1) is 0 Å². The molecule has 0 amide bonds. The van der Waals surface area contributed by atoms with Gasteiger partial charge in [0, 0.05) is 39.8 Å². The topological polar surface area (TPSA) is 39.7 Å². The highest BCUT2D eigenvalue weighted by molar-refractivity contribution is 4.50. The Morgan fingerprint density at radius 2 is 1.71 bits per heavy atom. The average Bonchev–Trinajstić information content (AvgIpc) is 2.18. The lowest BCUT2D eigenvalue weighted by molar-refractivity contribution is -0.138. The summed E-state index contributed by atoms with van der Waals surface area (Å²) in [5, 5.41) is 3.25. The zero-order chi connectivity index (χ0) is 10.6. The fourth-order valence-electron chi connectivity index (χ4n) is 1.11. The highest BCUT2D eigenvalue weighted by Gasteiger charge is 2.06. The highest BCUT2D eigenvalue weighted by Crippen LogP contribution is 1.99. The molecule has 1 N–H and O–H groups in total. The van der Waals surface area contributed by atoms with E-state index >= 15 is 0 Å². The maximum Gasteiger partial charge on any atom is 0.158 e. The van der Waals surface area contributed by atoms with Gasteiger partial charge in [0.25, 0.3) is 0 Å². The van der Waals surface area contributed by atoms with Gasteiger partial charge in [-0.3, -0.25) is 0 Å². The van der Waals surface area contributed by atoms with Crippen molar-refractivity contribution >= 4 is 0 Å². The summed E-state index contributed by atoms with van der Waals surface area (Å²) in [4.78, 5) is 0. The SMILES string of the molecule is CCOC(CCNCCOC)OCC. The Labute approximate surface area is 86.9 Å². The maximum atomic E-state index is 5.40. The molecule has 0 fully saturated rings. The Balaban J connectivity index is 3.30. The standard InChI is InChI=1S/C10H23NO3/c1-4-13-10(14-5-2)6-7-11-8-9-12-3/h10-11H,4-9H2,1-3H3. The van der Waals surface area contributed by atoms with Gasteiger partial charge >= 0.3 is 0 Å². The van der Waals surface area contributed by atoms with Gasteiger partial charge in [-0.05, 0) is 13.8 Å². The van der Waals surface area contributed by atoms with E-state index in [1.54, 1.807) is 7.11 Å². The van der Waals surface area contributed by atoms with Crippen molar-refractivity contribution in [1.82, 2.24) is 5.32 Å². The number of hydrogen-bond acceptors (Lipinski definition) is 4. The van der Waals surface area contributed by atoms with Crippen LogP contribution < -0.4 is 5.32 Å². The van der Waals surface area contributed by atoms with E-state index in [0.717, 1.165) is 26.1 Å². The number of ether oxygens (including phenoxy) is 3. The third-order valence-electron chi connectivity index (χ3n) is 1.74. The van der Waals surface area contributed by atoms with Crippen LogP contribution >= 0.6 is 0 Å². The van der Waals surface area contributed by atoms with Crippen LogP contribution in [-0.2, 0) is 14.2 Å². The first-order valence-electron chi connectivity index (χ1n) is 5.28. The zero-order valence-electron chi connectivity index (χ0n) is 9.54. The molecule has 0 aromatic carbocycles. The Hall–Kier alpha value is -0.160. The summed E-state index contributed by atoms with van der Waals surface area (Å²) in [6.07, 6.45) is 0.811. The molecule has 0 aromatic rings. The van der Waals surface area contributed by atoms with E-state index in [-0.39, 0.29) is 6.29 Å². The average molecular weight is 205 g/mol. The predicted octanol–water partition coefficient (Wildman–Crippen LogP) is 1.01. The first kappa shape index (κ1) is 13.8. The van der Waals surface area contributed by atoms with Gasteiger partial charge in [-0.25, -0.2) is 0 Å². The molecule has 0 aliphatic carbocycles. The van der Waals surface area contributed by atoms with Crippen LogP contribution in [0.1, 0.15) is 20.3 Å². The summed E-state index contributed by atoms with van der Waals surface area (Å²) in [5.41, 5.74) is 0. The number of hydrogen-bond donors (Lipinski definition) is 1. The molecule has 0 atom stereocenters. The third-order valence-corrected chi connectivity index (χ3v) is 1.74. The Kier molecular flexibility index (Phi) is 10.8. The molecule has 4 nitrogen and oxygen atoms in total. The normalized spacial score (nSPS) is 11.1. The Morgan fingerprint density at radius 1 is 1.07 bits per heavy atom. The molecule has 0 unspecified atom stereocenters. The molecule has 86 valence electrons. The van der Waals surface area contributed by atoms with Crippen molar-refractivity contribution in [3.8, 4) is 0 Å². The van der Waals surface area contributed by atoms with Crippen LogP contribution in [0.25, 0.3) is 0 Å². The van der Waals surface area contributed by atoms with Gasteiger partial charge in [0.2, 0.25) is 0 Å². The lowest BCUT2D eigenvalue weighted by Gasteiger charge is -2.16. The number of methoxy groups -OCH3 is 1. The second-order valence-electron chi connectivity index (χ2n) is 2.87. The maximum absolute atomic E-state index is 5.40. The molecule has 0 aliphatic heterocycles. The smallest absolute Gasteiger partial charge is 0.158 e. The second kappa shape index (κ2) is 10.9. The summed E-state index contributed by atoms with van der Waals surface area (Å²) >= 11 is 0. The van der Waals surface area contributed by atoms with E-state index in [1.807, 2.05) is 13.8 Å². The first-order chi connectivity index (χ1) is 6.85. The van der Waals surface area contributed by atoms with E-state index in [1.165, 1.54) is 0 Å². The Morgan fingerprint density at radius 3 is 2.21 bits per heavy atom. The zero-order valence-corrected chi connectivity index (χ0v) is 9.54. The quantitative estimate of drug-likeness (QED) is 0.427. The van der Waals surface area contributed by atoms with Gasteiger partial charge in [-0.15, -0.1) is 0 Å². The van der Waals surface area contributed by atoms with Crippen LogP contribution in [0.3, 0.4) is 0 Å². The van der Waals surface area contributed by atoms with Crippen molar-refractivity contribution in [2.75, 3.05) is 40.0 Å². The second-order valence-corrected chi connectivity index (χ2v) is 2.87. The van der Waals surface area contributed by atoms with Crippen molar-refractivity contribution in [2.45, 2.75) is 26.6 Å². The first-order valence-corrected chi connectivity index (χ1v) is 5.28. The number of nitrogens with one attached hydrogen (secondary N) is 1. The molecule has 0 aromatic heterocycles. The van der Waals surface area contributed by atoms with E-state index in [4.69, 9.17) is 14.2 Å². The molecule has 0 rings (SSSR count). The minimum absolute atomic E-state index is 0.0694.